The molecule has 2 fully saturated rings. The number of hydrogen-bond acceptors (Lipinski definition) is 3. The highest BCUT2D eigenvalue weighted by Crippen LogP contribution is 2.28. The van der Waals surface area contributed by atoms with E-state index >= 15 is 0 Å². The van der Waals surface area contributed by atoms with Crippen LogP contribution in [0.2, 0.25) is 0 Å². The molecular weight excluding hydrogens is 276 g/mol. The number of nitrogens with one attached hydrogen (secondary N) is 1. The first-order chi connectivity index (χ1) is 10.8. The van der Waals surface area contributed by atoms with Crippen molar-refractivity contribution in [2.45, 2.75) is 38.5 Å². The maximum absolute atomic E-state index is 12.0. The molecule has 0 spiro atoms. The van der Waals surface area contributed by atoms with Crippen molar-refractivity contribution >= 4 is 17.3 Å². The Hall–Kier alpha value is -1.55. The SMILES string of the molecule is O=C(CCC1CCCC1)Nc1ccc(N2CCOCC2)cc1. The van der Waals surface area contributed by atoms with Crippen LogP contribution < -0.4 is 10.2 Å². The maximum Gasteiger partial charge on any atom is 0.224 e. The summed E-state index contributed by atoms with van der Waals surface area (Å²) < 4.78 is 5.37. The number of carbonyl (C=O) groups is 1. The van der Waals surface area contributed by atoms with Crippen molar-refractivity contribution in [2.24, 2.45) is 5.92 Å². The molecule has 0 unspecified atom stereocenters. The van der Waals surface area contributed by atoms with Gasteiger partial charge in [-0.2, -0.15) is 0 Å². The van der Waals surface area contributed by atoms with Crippen molar-refractivity contribution in [3.8, 4) is 0 Å². The van der Waals surface area contributed by atoms with Crippen molar-refractivity contribution in [2.75, 3.05) is 36.5 Å². The van der Waals surface area contributed by atoms with E-state index in [9.17, 15) is 4.79 Å². The fourth-order valence-electron chi connectivity index (χ4n) is 3.43. The Morgan fingerprint density at radius 2 is 1.82 bits per heavy atom. The summed E-state index contributed by atoms with van der Waals surface area (Å²) in [7, 11) is 0. The fourth-order valence-corrected chi connectivity index (χ4v) is 3.43. The lowest BCUT2D eigenvalue weighted by atomic mass is 10.0. The summed E-state index contributed by atoms with van der Waals surface area (Å²) in [5, 5.41) is 3.01. The van der Waals surface area contributed by atoms with Crippen LogP contribution in [0.5, 0.6) is 0 Å². The molecule has 1 saturated heterocycles. The van der Waals surface area contributed by atoms with Crippen LogP contribution in [0.4, 0.5) is 11.4 Å². The number of hydrogen-bond donors (Lipinski definition) is 1. The zero-order valence-electron chi connectivity index (χ0n) is 13.2. The summed E-state index contributed by atoms with van der Waals surface area (Å²) >= 11 is 0. The summed E-state index contributed by atoms with van der Waals surface area (Å²) in [5.74, 6) is 0.917. The number of benzene rings is 1. The molecule has 1 aliphatic carbocycles. The molecule has 1 amide bonds. The molecule has 2 aliphatic rings. The van der Waals surface area contributed by atoms with E-state index in [0.717, 1.165) is 44.3 Å². The van der Waals surface area contributed by atoms with Gasteiger partial charge in [-0.05, 0) is 36.6 Å². The van der Waals surface area contributed by atoms with Gasteiger partial charge < -0.3 is 15.0 Å². The van der Waals surface area contributed by atoms with Gasteiger partial charge in [0.05, 0.1) is 13.2 Å². The van der Waals surface area contributed by atoms with Gasteiger partial charge in [-0.1, -0.05) is 25.7 Å². The normalized spacial score (nSPS) is 19.4. The topological polar surface area (TPSA) is 41.6 Å². The molecule has 1 aliphatic heterocycles. The number of rotatable bonds is 5. The average molecular weight is 302 g/mol. The fraction of sp³-hybridized carbons (Fsp3) is 0.611. The van der Waals surface area contributed by atoms with Gasteiger partial charge in [-0.15, -0.1) is 0 Å². The second kappa shape index (κ2) is 7.63. The van der Waals surface area contributed by atoms with E-state index in [1.54, 1.807) is 0 Å². The molecule has 1 aromatic carbocycles. The van der Waals surface area contributed by atoms with E-state index in [-0.39, 0.29) is 5.91 Å². The quantitative estimate of drug-likeness (QED) is 0.906. The van der Waals surface area contributed by atoms with Crippen LogP contribution in [0.15, 0.2) is 24.3 Å². The van der Waals surface area contributed by atoms with Gasteiger partial charge in [-0.25, -0.2) is 0 Å². The minimum absolute atomic E-state index is 0.144. The van der Waals surface area contributed by atoms with Crippen LogP contribution in [-0.2, 0) is 9.53 Å². The smallest absolute Gasteiger partial charge is 0.224 e. The van der Waals surface area contributed by atoms with E-state index in [1.165, 1.54) is 31.4 Å². The third kappa shape index (κ3) is 4.23. The van der Waals surface area contributed by atoms with Crippen molar-refractivity contribution in [3.63, 3.8) is 0 Å². The molecule has 0 bridgehead atoms. The molecular formula is C18H26N2O2. The summed E-state index contributed by atoms with van der Waals surface area (Å²) in [6, 6.07) is 8.16. The second-order valence-corrected chi connectivity index (χ2v) is 6.38. The zero-order chi connectivity index (χ0) is 15.2. The summed E-state index contributed by atoms with van der Waals surface area (Å²) in [4.78, 5) is 14.3. The van der Waals surface area contributed by atoms with E-state index in [2.05, 4.69) is 22.3 Å². The second-order valence-electron chi connectivity index (χ2n) is 6.38. The molecule has 4 heteroatoms. The summed E-state index contributed by atoms with van der Waals surface area (Å²) in [5.41, 5.74) is 2.10. The van der Waals surface area contributed by atoms with Crippen LogP contribution in [0.3, 0.4) is 0 Å². The molecule has 1 aromatic rings. The highest BCUT2D eigenvalue weighted by Gasteiger charge is 2.16. The highest BCUT2D eigenvalue weighted by molar-refractivity contribution is 5.90. The first kappa shape index (κ1) is 15.3. The minimum atomic E-state index is 0.144. The van der Waals surface area contributed by atoms with Crippen molar-refractivity contribution in [3.05, 3.63) is 24.3 Å². The molecule has 120 valence electrons. The van der Waals surface area contributed by atoms with Gasteiger partial charge in [0.25, 0.3) is 0 Å². The van der Waals surface area contributed by atoms with Crippen LogP contribution in [0.1, 0.15) is 38.5 Å². The number of carbonyl (C=O) groups excluding carboxylic acids is 1. The molecule has 3 rings (SSSR count). The van der Waals surface area contributed by atoms with E-state index in [0.29, 0.717) is 6.42 Å². The minimum Gasteiger partial charge on any atom is -0.378 e. The Morgan fingerprint density at radius 3 is 2.50 bits per heavy atom. The molecule has 0 radical (unpaired) electrons. The number of morpholine rings is 1. The Bertz CT molecular complexity index is 474. The lowest BCUT2D eigenvalue weighted by Crippen LogP contribution is -2.36. The number of nitrogens with zero attached hydrogens (tertiary/aromatic N) is 1. The van der Waals surface area contributed by atoms with Gasteiger partial charge in [0.1, 0.15) is 0 Å². The largest absolute Gasteiger partial charge is 0.378 e. The van der Waals surface area contributed by atoms with Gasteiger partial charge in [0.15, 0.2) is 0 Å². The molecule has 22 heavy (non-hydrogen) atoms. The van der Waals surface area contributed by atoms with E-state index in [4.69, 9.17) is 4.74 Å². The van der Waals surface area contributed by atoms with Gasteiger partial charge in [0, 0.05) is 30.9 Å². The van der Waals surface area contributed by atoms with E-state index < -0.39 is 0 Å². The highest BCUT2D eigenvalue weighted by atomic mass is 16.5. The van der Waals surface area contributed by atoms with Crippen molar-refractivity contribution in [1.82, 2.24) is 0 Å². The lowest BCUT2D eigenvalue weighted by Gasteiger charge is -2.28. The summed E-state index contributed by atoms with van der Waals surface area (Å²) in [6.07, 6.45) is 6.99. The Balaban J connectivity index is 1.46. The van der Waals surface area contributed by atoms with Gasteiger partial charge in [-0.3, -0.25) is 4.79 Å². The third-order valence-electron chi connectivity index (χ3n) is 4.78. The predicted octanol–water partition coefficient (Wildman–Crippen LogP) is 3.43. The predicted molar refractivity (Wildman–Crippen MR) is 89.3 cm³/mol. The number of anilines is 2. The van der Waals surface area contributed by atoms with Crippen LogP contribution in [0, 0.1) is 5.92 Å². The average Bonchev–Trinajstić information content (AvgIpc) is 3.08. The molecule has 0 aromatic heterocycles. The Labute approximate surface area is 132 Å². The van der Waals surface area contributed by atoms with Crippen molar-refractivity contribution in [1.29, 1.82) is 0 Å². The van der Waals surface area contributed by atoms with Gasteiger partial charge >= 0.3 is 0 Å². The maximum atomic E-state index is 12.0. The molecule has 1 N–H and O–H groups in total. The first-order valence-electron chi connectivity index (χ1n) is 8.54. The van der Waals surface area contributed by atoms with Crippen LogP contribution in [0.25, 0.3) is 0 Å². The molecule has 1 saturated carbocycles. The van der Waals surface area contributed by atoms with Crippen LogP contribution >= 0.6 is 0 Å². The monoisotopic (exact) mass is 302 g/mol. The molecule has 4 nitrogen and oxygen atoms in total. The molecule has 0 atom stereocenters. The number of ether oxygens (including phenoxy) is 1. The first-order valence-corrected chi connectivity index (χ1v) is 8.54. The summed E-state index contributed by atoms with van der Waals surface area (Å²) in [6.45, 7) is 3.46. The van der Waals surface area contributed by atoms with E-state index in [1.807, 2.05) is 12.1 Å². The Kier molecular flexibility index (Phi) is 5.33. The van der Waals surface area contributed by atoms with Gasteiger partial charge in [0.2, 0.25) is 5.91 Å². The molecule has 1 heterocycles. The standard InChI is InChI=1S/C18H26N2O2/c21-18(10-5-15-3-1-2-4-15)19-16-6-8-17(9-7-16)20-11-13-22-14-12-20/h6-9,15H,1-5,10-14H2,(H,19,21). The Morgan fingerprint density at radius 1 is 1.14 bits per heavy atom. The zero-order valence-corrected chi connectivity index (χ0v) is 13.2. The number of amides is 1. The lowest BCUT2D eigenvalue weighted by molar-refractivity contribution is -0.116. The van der Waals surface area contributed by atoms with Crippen LogP contribution in [-0.4, -0.2) is 32.2 Å². The third-order valence-corrected chi connectivity index (χ3v) is 4.78. The van der Waals surface area contributed by atoms with Crippen molar-refractivity contribution < 1.29 is 9.53 Å².